The summed E-state index contributed by atoms with van der Waals surface area (Å²) >= 11 is 7.29. The molecule has 0 saturated carbocycles. The van der Waals surface area contributed by atoms with Crippen LogP contribution < -0.4 is 0 Å². The third-order valence-electron chi connectivity index (χ3n) is 0.844. The second kappa shape index (κ2) is 2.94. The molecule has 9 heavy (non-hydrogen) atoms. The number of hydrogen-bond acceptors (Lipinski definition) is 4. The first-order valence-corrected chi connectivity index (χ1v) is 4.47. The molecule has 5 heteroatoms. The van der Waals surface area contributed by atoms with Crippen LogP contribution in [0.25, 0.3) is 0 Å². The smallest absolute Gasteiger partial charge is 0.246 e. The highest BCUT2D eigenvalue weighted by Crippen LogP contribution is 2.33. The molecule has 0 aromatic carbocycles. The maximum absolute atomic E-state index is 10.5. The lowest BCUT2D eigenvalue weighted by Gasteiger charge is -1.93. The van der Waals surface area contributed by atoms with Crippen molar-refractivity contribution >= 4 is 44.8 Å². The van der Waals surface area contributed by atoms with Crippen LogP contribution in [0.1, 0.15) is 0 Å². The Labute approximate surface area is 65.7 Å². The number of hydrogen-bond donors (Lipinski definition) is 0. The van der Waals surface area contributed by atoms with E-state index in [-0.39, 0.29) is 9.70 Å². The molecule has 0 aromatic heterocycles. The monoisotopic (exact) mass is 182 g/mol. The van der Waals surface area contributed by atoms with E-state index < -0.39 is 5.24 Å². The average molecular weight is 183 g/mol. The Bertz CT molecular complexity index is 159. The molecular formula is C4H3ClO2S2. The van der Waals surface area contributed by atoms with Crippen molar-refractivity contribution in [3.05, 3.63) is 0 Å². The highest BCUT2D eigenvalue weighted by atomic mass is 35.5. The summed E-state index contributed by atoms with van der Waals surface area (Å²) in [6, 6.07) is 0. The highest BCUT2D eigenvalue weighted by Gasteiger charge is 2.28. The van der Waals surface area contributed by atoms with Crippen LogP contribution in [0.5, 0.6) is 0 Å². The van der Waals surface area contributed by atoms with Gasteiger partial charge in [-0.3, -0.25) is 9.59 Å². The molecular weight excluding hydrogens is 180 g/mol. The number of carbonyl (C=O) groups is 2. The average Bonchev–Trinajstić information content (AvgIpc) is 2.14. The first-order chi connectivity index (χ1) is 4.20. The molecule has 0 spiro atoms. The van der Waals surface area contributed by atoms with Gasteiger partial charge < -0.3 is 0 Å². The van der Waals surface area contributed by atoms with Gasteiger partial charge in [0.05, 0.1) is 5.25 Å². The molecule has 1 rings (SSSR count). The lowest BCUT2D eigenvalue weighted by Crippen LogP contribution is -2.09. The van der Waals surface area contributed by atoms with Crippen LogP contribution in [0.2, 0.25) is 0 Å². The van der Waals surface area contributed by atoms with Crippen molar-refractivity contribution in [3.63, 3.8) is 0 Å². The fraction of sp³-hybridized carbons (Fsp3) is 0.500. The summed E-state index contributed by atoms with van der Waals surface area (Å²) in [7, 11) is 0. The first-order valence-electron chi connectivity index (χ1n) is 2.23. The van der Waals surface area contributed by atoms with Crippen molar-refractivity contribution in [2.24, 2.45) is 0 Å². The van der Waals surface area contributed by atoms with Crippen LogP contribution >= 0.6 is 35.1 Å². The second-order valence-electron chi connectivity index (χ2n) is 1.47. The molecule has 1 aliphatic rings. The number of carbonyl (C=O) groups excluding carboxylic acids is 2. The summed E-state index contributed by atoms with van der Waals surface area (Å²) in [6.45, 7) is 0. The van der Waals surface area contributed by atoms with E-state index in [9.17, 15) is 9.59 Å². The Hall–Kier alpha value is 0.330. The third kappa shape index (κ3) is 1.88. The predicted molar refractivity (Wildman–Crippen MR) is 40.1 cm³/mol. The second-order valence-corrected chi connectivity index (χ2v) is 4.27. The Morgan fingerprint density at radius 2 is 2.44 bits per heavy atom. The topological polar surface area (TPSA) is 34.1 Å². The van der Waals surface area contributed by atoms with Crippen molar-refractivity contribution < 1.29 is 9.59 Å². The van der Waals surface area contributed by atoms with Gasteiger partial charge in [0.1, 0.15) is 0 Å². The van der Waals surface area contributed by atoms with E-state index in [1.54, 1.807) is 0 Å². The molecule has 1 heterocycles. The Morgan fingerprint density at radius 1 is 1.78 bits per heavy atom. The standard InChI is InChI=1S/C4H3ClO2S2/c5-3(6)2-1-8-4(7)9-2/h2H,1H2. The lowest BCUT2D eigenvalue weighted by molar-refractivity contribution is -0.110. The quantitative estimate of drug-likeness (QED) is 0.579. The van der Waals surface area contributed by atoms with E-state index in [4.69, 9.17) is 11.6 Å². The fourth-order valence-corrected chi connectivity index (χ4v) is 2.81. The summed E-state index contributed by atoms with van der Waals surface area (Å²) in [5, 5.41) is -0.720. The van der Waals surface area contributed by atoms with E-state index in [2.05, 4.69) is 0 Å². The van der Waals surface area contributed by atoms with Gasteiger partial charge in [-0.15, -0.1) is 0 Å². The molecule has 1 saturated heterocycles. The molecule has 1 atom stereocenters. The Balaban J connectivity index is 2.48. The maximum atomic E-state index is 10.5. The highest BCUT2D eigenvalue weighted by molar-refractivity contribution is 8.41. The zero-order chi connectivity index (χ0) is 6.85. The van der Waals surface area contributed by atoms with E-state index in [1.807, 2.05) is 0 Å². The summed E-state index contributed by atoms with van der Waals surface area (Å²) in [4.78, 5) is 20.8. The van der Waals surface area contributed by atoms with Gasteiger partial charge in [0.25, 0.3) is 0 Å². The minimum atomic E-state index is -0.418. The van der Waals surface area contributed by atoms with E-state index >= 15 is 0 Å². The zero-order valence-corrected chi connectivity index (χ0v) is 6.68. The zero-order valence-electron chi connectivity index (χ0n) is 4.30. The number of halogens is 1. The fourth-order valence-electron chi connectivity index (χ4n) is 0.440. The minimum Gasteiger partial charge on any atom is -0.280 e. The molecule has 0 radical (unpaired) electrons. The molecule has 0 amide bonds. The maximum Gasteiger partial charge on any atom is 0.246 e. The normalized spacial score (nSPS) is 26.8. The number of thioether (sulfide) groups is 2. The van der Waals surface area contributed by atoms with Gasteiger partial charge in [0, 0.05) is 5.75 Å². The lowest BCUT2D eigenvalue weighted by atomic mass is 10.5. The molecule has 50 valence electrons. The first kappa shape index (κ1) is 7.44. The van der Waals surface area contributed by atoms with Crippen molar-refractivity contribution in [2.45, 2.75) is 5.25 Å². The largest absolute Gasteiger partial charge is 0.280 e. The summed E-state index contributed by atoms with van der Waals surface area (Å²) < 4.78 is -0.00556. The molecule has 0 bridgehead atoms. The van der Waals surface area contributed by atoms with Gasteiger partial charge in [-0.1, -0.05) is 23.5 Å². The van der Waals surface area contributed by atoms with Crippen LogP contribution in [0.4, 0.5) is 4.79 Å². The Morgan fingerprint density at radius 3 is 2.67 bits per heavy atom. The van der Waals surface area contributed by atoms with Gasteiger partial charge in [0.2, 0.25) is 9.69 Å². The predicted octanol–water partition coefficient (Wildman–Crippen LogP) is 1.72. The summed E-state index contributed by atoms with van der Waals surface area (Å²) in [5.74, 6) is 0.534. The summed E-state index contributed by atoms with van der Waals surface area (Å²) in [6.07, 6.45) is 0. The molecule has 0 N–H and O–H groups in total. The van der Waals surface area contributed by atoms with Crippen LogP contribution in [0, 0.1) is 0 Å². The Kier molecular flexibility index (Phi) is 2.43. The molecule has 1 fully saturated rings. The van der Waals surface area contributed by atoms with Crippen molar-refractivity contribution in [3.8, 4) is 0 Å². The molecule has 2 nitrogen and oxygen atoms in total. The van der Waals surface area contributed by atoms with Crippen LogP contribution in [-0.4, -0.2) is 20.7 Å². The van der Waals surface area contributed by atoms with Gasteiger partial charge in [0.15, 0.2) is 0 Å². The van der Waals surface area contributed by atoms with Crippen LogP contribution in [0.15, 0.2) is 0 Å². The van der Waals surface area contributed by atoms with Crippen molar-refractivity contribution in [1.29, 1.82) is 0 Å². The van der Waals surface area contributed by atoms with E-state index in [0.29, 0.717) is 5.75 Å². The molecule has 1 unspecified atom stereocenters. The molecule has 0 aliphatic carbocycles. The van der Waals surface area contributed by atoms with Crippen molar-refractivity contribution in [1.82, 2.24) is 0 Å². The van der Waals surface area contributed by atoms with Crippen LogP contribution in [-0.2, 0) is 4.79 Å². The number of rotatable bonds is 1. The van der Waals surface area contributed by atoms with E-state index in [1.165, 1.54) is 0 Å². The van der Waals surface area contributed by atoms with Crippen LogP contribution in [0.3, 0.4) is 0 Å². The van der Waals surface area contributed by atoms with Gasteiger partial charge in [-0.25, -0.2) is 0 Å². The van der Waals surface area contributed by atoms with Gasteiger partial charge in [-0.2, -0.15) is 0 Å². The minimum absolute atomic E-state index is 0.00556. The van der Waals surface area contributed by atoms with Crippen molar-refractivity contribution in [2.75, 3.05) is 5.75 Å². The van der Waals surface area contributed by atoms with Gasteiger partial charge in [-0.05, 0) is 11.6 Å². The molecule has 1 aliphatic heterocycles. The van der Waals surface area contributed by atoms with E-state index in [0.717, 1.165) is 23.5 Å². The third-order valence-corrected chi connectivity index (χ3v) is 3.68. The summed E-state index contributed by atoms with van der Waals surface area (Å²) in [5.41, 5.74) is 0. The SMILES string of the molecule is O=C1SCC(C(=O)Cl)S1. The van der Waals surface area contributed by atoms with Gasteiger partial charge >= 0.3 is 0 Å². The molecule has 0 aromatic rings.